The number of imide groups is 1. The summed E-state index contributed by atoms with van der Waals surface area (Å²) in [6, 6.07) is 6.85. The topological polar surface area (TPSA) is 93.5 Å². The van der Waals surface area contributed by atoms with Crippen LogP contribution in [0.4, 0.5) is 9.18 Å². The molecule has 0 bridgehead atoms. The first-order valence-corrected chi connectivity index (χ1v) is 9.31. The highest BCUT2D eigenvalue weighted by atomic mass is 19.1. The summed E-state index contributed by atoms with van der Waals surface area (Å²) in [5.41, 5.74) is -1.84. The van der Waals surface area contributed by atoms with Crippen LogP contribution in [0.25, 0.3) is 0 Å². The van der Waals surface area contributed by atoms with Gasteiger partial charge in [0.25, 0.3) is 5.91 Å². The van der Waals surface area contributed by atoms with Gasteiger partial charge in [-0.3, -0.25) is 14.5 Å². The molecule has 1 aromatic rings. The van der Waals surface area contributed by atoms with Crippen LogP contribution in [-0.2, 0) is 15.1 Å². The van der Waals surface area contributed by atoms with Crippen LogP contribution in [0.3, 0.4) is 0 Å². The van der Waals surface area contributed by atoms with Crippen LogP contribution in [-0.4, -0.2) is 46.8 Å². The van der Waals surface area contributed by atoms with Crippen LogP contribution in [0.2, 0.25) is 0 Å². The van der Waals surface area contributed by atoms with E-state index in [2.05, 4.69) is 11.4 Å². The van der Waals surface area contributed by atoms with E-state index in [1.54, 1.807) is 7.05 Å². The molecular formula is C20H23FN4O3. The first-order chi connectivity index (χ1) is 13.2. The molecule has 1 aromatic carbocycles. The number of rotatable bonds is 4. The van der Waals surface area contributed by atoms with Gasteiger partial charge in [-0.15, -0.1) is 0 Å². The maximum absolute atomic E-state index is 13.2. The van der Waals surface area contributed by atoms with Crippen molar-refractivity contribution in [1.82, 2.24) is 15.1 Å². The molecule has 1 saturated carbocycles. The minimum absolute atomic E-state index is 0.427. The molecule has 0 spiro atoms. The van der Waals surface area contributed by atoms with Gasteiger partial charge >= 0.3 is 6.03 Å². The van der Waals surface area contributed by atoms with E-state index in [0.717, 1.165) is 24.2 Å². The average Bonchev–Trinajstić information content (AvgIpc) is 2.92. The van der Waals surface area contributed by atoms with E-state index < -0.39 is 41.3 Å². The molecule has 148 valence electrons. The van der Waals surface area contributed by atoms with Crippen molar-refractivity contribution in [3.63, 3.8) is 0 Å². The Morgan fingerprint density at radius 2 is 1.86 bits per heavy atom. The van der Waals surface area contributed by atoms with Gasteiger partial charge < -0.3 is 10.2 Å². The molecule has 28 heavy (non-hydrogen) atoms. The number of amides is 4. The minimum Gasteiger partial charge on any atom is -0.325 e. The van der Waals surface area contributed by atoms with Crippen molar-refractivity contribution in [2.75, 3.05) is 13.6 Å². The third kappa shape index (κ3) is 3.21. The second-order valence-electron chi connectivity index (χ2n) is 7.61. The van der Waals surface area contributed by atoms with Crippen LogP contribution in [0.1, 0.15) is 44.6 Å². The van der Waals surface area contributed by atoms with Crippen LogP contribution in [0, 0.1) is 17.1 Å². The lowest BCUT2D eigenvalue weighted by molar-refractivity contribution is -0.141. The number of halogens is 1. The summed E-state index contributed by atoms with van der Waals surface area (Å²) >= 11 is 0. The monoisotopic (exact) mass is 386 g/mol. The molecule has 7 nitrogen and oxygen atoms in total. The van der Waals surface area contributed by atoms with E-state index in [4.69, 9.17) is 0 Å². The zero-order valence-electron chi connectivity index (χ0n) is 16.0. The quantitative estimate of drug-likeness (QED) is 0.804. The van der Waals surface area contributed by atoms with Gasteiger partial charge in [-0.25, -0.2) is 9.18 Å². The van der Waals surface area contributed by atoms with Gasteiger partial charge in [-0.05, 0) is 37.5 Å². The van der Waals surface area contributed by atoms with Gasteiger partial charge in [0.15, 0.2) is 0 Å². The minimum atomic E-state index is -1.37. The standard InChI is InChI=1S/C20H23FN4O3/c1-19(14-6-8-15(21)9-7-14)17(27)25(18(28)23-19)12-16(26)24(2)20(13-22)10-4-3-5-11-20/h6-9H,3-5,10-12H2,1-2H3,(H,23,28)/t19-/m0/s1. The molecule has 8 heteroatoms. The molecule has 4 amide bonds. The lowest BCUT2D eigenvalue weighted by atomic mass is 9.81. The van der Waals surface area contributed by atoms with Crippen molar-refractivity contribution >= 4 is 17.8 Å². The molecule has 0 radical (unpaired) electrons. The number of nitrogens with zero attached hydrogens (tertiary/aromatic N) is 3. The molecule has 2 fully saturated rings. The zero-order chi connectivity index (χ0) is 20.5. The Balaban J connectivity index is 1.78. The van der Waals surface area contributed by atoms with Gasteiger partial charge in [0, 0.05) is 7.05 Å². The molecular weight excluding hydrogens is 363 g/mol. The fourth-order valence-corrected chi connectivity index (χ4v) is 3.96. The Labute approximate surface area is 163 Å². The fourth-order valence-electron chi connectivity index (χ4n) is 3.96. The number of urea groups is 1. The lowest BCUT2D eigenvalue weighted by Crippen LogP contribution is -2.53. The van der Waals surface area contributed by atoms with Crippen LogP contribution in [0.15, 0.2) is 24.3 Å². The van der Waals surface area contributed by atoms with Gasteiger partial charge in [-0.1, -0.05) is 31.4 Å². The molecule has 0 aromatic heterocycles. The summed E-state index contributed by atoms with van der Waals surface area (Å²) in [6.45, 7) is 1.08. The number of nitrogens with one attached hydrogen (secondary N) is 1. The van der Waals surface area contributed by atoms with Crippen molar-refractivity contribution in [2.24, 2.45) is 0 Å². The summed E-state index contributed by atoms with van der Waals surface area (Å²) in [6.07, 6.45) is 3.90. The van der Waals surface area contributed by atoms with Gasteiger partial charge in [0.2, 0.25) is 5.91 Å². The third-order valence-corrected chi connectivity index (χ3v) is 5.89. The summed E-state index contributed by atoms with van der Waals surface area (Å²) in [5, 5.41) is 12.2. The van der Waals surface area contributed by atoms with Crippen molar-refractivity contribution in [3.05, 3.63) is 35.6 Å². The molecule has 1 saturated heterocycles. The number of benzene rings is 1. The molecule has 1 aliphatic heterocycles. The Hall–Kier alpha value is -2.95. The van der Waals surface area contributed by atoms with E-state index in [9.17, 15) is 24.0 Å². The summed E-state index contributed by atoms with van der Waals surface area (Å²) in [7, 11) is 1.55. The van der Waals surface area contributed by atoms with E-state index >= 15 is 0 Å². The number of carbonyl (C=O) groups is 3. The summed E-state index contributed by atoms with van der Waals surface area (Å²) in [4.78, 5) is 40.4. The molecule has 1 aliphatic carbocycles. The highest BCUT2D eigenvalue weighted by Gasteiger charge is 2.50. The predicted molar refractivity (Wildman–Crippen MR) is 98.2 cm³/mol. The molecule has 1 N–H and O–H groups in total. The van der Waals surface area contributed by atoms with Gasteiger partial charge in [0.05, 0.1) is 6.07 Å². The lowest BCUT2D eigenvalue weighted by Gasteiger charge is -2.39. The second-order valence-corrected chi connectivity index (χ2v) is 7.61. The highest BCUT2D eigenvalue weighted by Crippen LogP contribution is 2.33. The maximum Gasteiger partial charge on any atom is 0.325 e. The van der Waals surface area contributed by atoms with Crippen LogP contribution < -0.4 is 5.32 Å². The number of hydrogen-bond acceptors (Lipinski definition) is 4. The number of hydrogen-bond donors (Lipinski definition) is 1. The van der Waals surface area contributed by atoms with Gasteiger partial charge in [0.1, 0.15) is 23.4 Å². The Morgan fingerprint density at radius 3 is 2.43 bits per heavy atom. The zero-order valence-corrected chi connectivity index (χ0v) is 16.0. The van der Waals surface area contributed by atoms with Crippen molar-refractivity contribution in [1.29, 1.82) is 5.26 Å². The Morgan fingerprint density at radius 1 is 1.25 bits per heavy atom. The Bertz CT molecular complexity index is 842. The fraction of sp³-hybridized carbons (Fsp3) is 0.500. The largest absolute Gasteiger partial charge is 0.325 e. The van der Waals surface area contributed by atoms with Crippen LogP contribution >= 0.6 is 0 Å². The Kier molecular flexibility index (Phi) is 5.11. The average molecular weight is 386 g/mol. The first kappa shape index (κ1) is 19.8. The first-order valence-electron chi connectivity index (χ1n) is 9.31. The highest BCUT2D eigenvalue weighted by molar-refractivity contribution is 6.09. The predicted octanol–water partition coefficient (Wildman–Crippen LogP) is 2.28. The SMILES string of the molecule is CN(C(=O)CN1C(=O)N[C@@](C)(c2ccc(F)cc2)C1=O)C1(C#N)CCCCC1. The molecule has 3 rings (SSSR count). The van der Waals surface area contributed by atoms with E-state index in [1.165, 1.54) is 36.1 Å². The number of nitriles is 1. The van der Waals surface area contributed by atoms with E-state index in [0.29, 0.717) is 18.4 Å². The number of likely N-dealkylation sites (N-methyl/N-ethyl adjacent to an activating group) is 1. The molecule has 2 aliphatic rings. The van der Waals surface area contributed by atoms with Crippen molar-refractivity contribution < 1.29 is 18.8 Å². The second kappa shape index (κ2) is 7.23. The maximum atomic E-state index is 13.2. The van der Waals surface area contributed by atoms with E-state index in [-0.39, 0.29) is 0 Å². The summed E-state index contributed by atoms with van der Waals surface area (Å²) in [5.74, 6) is -1.50. The van der Waals surface area contributed by atoms with Crippen LogP contribution in [0.5, 0.6) is 0 Å². The molecule has 0 unspecified atom stereocenters. The molecule has 1 atom stereocenters. The van der Waals surface area contributed by atoms with Gasteiger partial charge in [-0.2, -0.15) is 5.26 Å². The molecule has 1 heterocycles. The summed E-state index contributed by atoms with van der Waals surface area (Å²) < 4.78 is 13.2. The van der Waals surface area contributed by atoms with E-state index in [1.807, 2.05) is 0 Å². The van der Waals surface area contributed by atoms with Crippen molar-refractivity contribution in [2.45, 2.75) is 50.1 Å². The van der Waals surface area contributed by atoms with Crippen molar-refractivity contribution in [3.8, 4) is 6.07 Å². The normalized spacial score (nSPS) is 23.9. The number of carbonyl (C=O) groups excluding carboxylic acids is 3. The smallest absolute Gasteiger partial charge is 0.325 e. The third-order valence-electron chi connectivity index (χ3n) is 5.89.